The molecule has 1 aromatic rings. The standard InChI is InChI=1S/C12H8N4O6/c13-6-7-1-2-22-12(7)14-11(17)8-3-9(15(18)19)5-10(4-8)16(20)21/h3-5H,1-2H2,(H,14,17). The number of carbonyl (C=O) groups is 1. The summed E-state index contributed by atoms with van der Waals surface area (Å²) >= 11 is 0. The zero-order chi connectivity index (χ0) is 16.3. The van der Waals surface area contributed by atoms with Crippen LogP contribution in [-0.4, -0.2) is 22.4 Å². The van der Waals surface area contributed by atoms with Crippen LogP contribution in [0.3, 0.4) is 0 Å². The van der Waals surface area contributed by atoms with E-state index in [1.54, 1.807) is 0 Å². The van der Waals surface area contributed by atoms with Crippen LogP contribution in [0.15, 0.2) is 29.7 Å². The highest BCUT2D eigenvalue weighted by Crippen LogP contribution is 2.23. The molecule has 0 aliphatic carbocycles. The molecule has 0 aromatic heterocycles. The number of carbonyl (C=O) groups excluding carboxylic acids is 1. The first kappa shape index (κ1) is 14.9. The van der Waals surface area contributed by atoms with Crippen molar-refractivity contribution in [3.8, 4) is 6.07 Å². The first-order valence-electron chi connectivity index (χ1n) is 5.93. The number of benzene rings is 1. The second-order valence-corrected chi connectivity index (χ2v) is 4.22. The molecule has 2 rings (SSSR count). The molecule has 0 unspecified atom stereocenters. The van der Waals surface area contributed by atoms with Crippen LogP contribution in [0.5, 0.6) is 0 Å². The van der Waals surface area contributed by atoms with Crippen molar-refractivity contribution >= 4 is 17.3 Å². The fourth-order valence-corrected chi connectivity index (χ4v) is 1.79. The number of nitrogens with one attached hydrogen (secondary N) is 1. The van der Waals surface area contributed by atoms with E-state index in [9.17, 15) is 25.0 Å². The van der Waals surface area contributed by atoms with E-state index in [2.05, 4.69) is 5.32 Å². The van der Waals surface area contributed by atoms with Gasteiger partial charge in [0.1, 0.15) is 6.07 Å². The number of hydrogen-bond donors (Lipinski definition) is 1. The molecule has 1 N–H and O–H groups in total. The van der Waals surface area contributed by atoms with Gasteiger partial charge in [-0.05, 0) is 0 Å². The molecule has 22 heavy (non-hydrogen) atoms. The van der Waals surface area contributed by atoms with Gasteiger partial charge in [0.05, 0.1) is 33.7 Å². The van der Waals surface area contributed by atoms with E-state index in [0.717, 1.165) is 18.2 Å². The molecule has 1 heterocycles. The molecule has 1 aliphatic heterocycles. The molecule has 112 valence electrons. The number of nitro groups is 2. The summed E-state index contributed by atoms with van der Waals surface area (Å²) in [5.41, 5.74) is -1.21. The zero-order valence-corrected chi connectivity index (χ0v) is 10.9. The fraction of sp³-hybridized carbons (Fsp3) is 0.167. The largest absolute Gasteiger partial charge is 0.478 e. The number of nitrogens with zero attached hydrogens (tertiary/aromatic N) is 3. The normalized spacial score (nSPS) is 13.2. The number of amides is 1. The summed E-state index contributed by atoms with van der Waals surface area (Å²) in [6.45, 7) is 0.230. The third kappa shape index (κ3) is 2.98. The minimum atomic E-state index is -0.837. The summed E-state index contributed by atoms with van der Waals surface area (Å²) < 4.78 is 5.06. The Morgan fingerprint density at radius 3 is 2.32 bits per heavy atom. The Kier molecular flexibility index (Phi) is 3.99. The van der Waals surface area contributed by atoms with Crippen molar-refractivity contribution in [2.75, 3.05) is 6.61 Å². The maximum absolute atomic E-state index is 12.0. The van der Waals surface area contributed by atoms with E-state index in [4.69, 9.17) is 10.00 Å². The van der Waals surface area contributed by atoms with Crippen LogP contribution in [0.25, 0.3) is 0 Å². The quantitative estimate of drug-likeness (QED) is 0.652. The maximum Gasteiger partial charge on any atom is 0.277 e. The van der Waals surface area contributed by atoms with Gasteiger partial charge >= 0.3 is 0 Å². The molecule has 0 fully saturated rings. The van der Waals surface area contributed by atoms with Crippen molar-refractivity contribution in [1.82, 2.24) is 5.32 Å². The van der Waals surface area contributed by atoms with Gasteiger partial charge in [0, 0.05) is 18.6 Å². The zero-order valence-electron chi connectivity index (χ0n) is 10.9. The van der Waals surface area contributed by atoms with Crippen molar-refractivity contribution in [3.63, 3.8) is 0 Å². The van der Waals surface area contributed by atoms with Crippen LogP contribution < -0.4 is 5.32 Å². The van der Waals surface area contributed by atoms with Gasteiger partial charge in [-0.25, -0.2) is 0 Å². The van der Waals surface area contributed by atoms with E-state index in [1.807, 2.05) is 6.07 Å². The summed E-state index contributed by atoms with van der Waals surface area (Å²) in [6.07, 6.45) is 0.335. The predicted molar refractivity (Wildman–Crippen MR) is 70.4 cm³/mol. The molecule has 0 radical (unpaired) electrons. The lowest BCUT2D eigenvalue weighted by atomic mass is 10.1. The van der Waals surface area contributed by atoms with Gasteiger partial charge in [-0.3, -0.25) is 30.3 Å². The Morgan fingerprint density at radius 2 is 1.82 bits per heavy atom. The Labute approximate surface area is 122 Å². The number of nitro benzene ring substituents is 2. The third-order valence-corrected chi connectivity index (χ3v) is 2.82. The average molecular weight is 304 g/mol. The molecule has 0 saturated heterocycles. The summed E-state index contributed by atoms with van der Waals surface area (Å²) in [6, 6.07) is 4.42. The minimum Gasteiger partial charge on any atom is -0.478 e. The number of ether oxygens (including phenoxy) is 1. The third-order valence-electron chi connectivity index (χ3n) is 2.82. The van der Waals surface area contributed by atoms with Crippen molar-refractivity contribution < 1.29 is 19.4 Å². The highest BCUT2D eigenvalue weighted by Gasteiger charge is 2.23. The van der Waals surface area contributed by atoms with E-state index in [1.165, 1.54) is 0 Å². The van der Waals surface area contributed by atoms with Gasteiger partial charge in [0.15, 0.2) is 0 Å². The molecule has 0 saturated carbocycles. The summed E-state index contributed by atoms with van der Waals surface area (Å²) in [4.78, 5) is 31.9. The van der Waals surface area contributed by atoms with Gasteiger partial charge in [-0.1, -0.05) is 0 Å². The second-order valence-electron chi connectivity index (χ2n) is 4.22. The minimum absolute atomic E-state index is 0.0401. The molecule has 0 bridgehead atoms. The maximum atomic E-state index is 12.0. The van der Waals surface area contributed by atoms with Crippen LogP contribution in [-0.2, 0) is 4.74 Å². The lowest BCUT2D eigenvalue weighted by Crippen LogP contribution is -2.24. The predicted octanol–water partition coefficient (Wildman–Crippen LogP) is 1.39. The van der Waals surface area contributed by atoms with Crippen LogP contribution in [0.1, 0.15) is 16.8 Å². The lowest BCUT2D eigenvalue weighted by molar-refractivity contribution is -0.394. The molecular weight excluding hydrogens is 296 g/mol. The van der Waals surface area contributed by atoms with Crippen molar-refractivity contribution in [2.24, 2.45) is 0 Å². The fourth-order valence-electron chi connectivity index (χ4n) is 1.79. The molecule has 0 spiro atoms. The van der Waals surface area contributed by atoms with Crippen LogP contribution >= 0.6 is 0 Å². The van der Waals surface area contributed by atoms with Crippen LogP contribution in [0, 0.1) is 31.6 Å². The Hall–Kier alpha value is -3.48. The lowest BCUT2D eigenvalue weighted by Gasteiger charge is -2.06. The summed E-state index contributed by atoms with van der Waals surface area (Å²) in [5, 5.41) is 32.7. The van der Waals surface area contributed by atoms with Gasteiger partial charge in [-0.15, -0.1) is 0 Å². The van der Waals surface area contributed by atoms with E-state index in [-0.39, 0.29) is 23.6 Å². The SMILES string of the molecule is N#CC1=C(NC(=O)c2cc([N+](=O)[O-])cc([N+](=O)[O-])c2)OCC1. The Morgan fingerprint density at radius 1 is 1.23 bits per heavy atom. The average Bonchev–Trinajstić information content (AvgIpc) is 2.93. The van der Waals surface area contributed by atoms with Gasteiger partial charge in [-0.2, -0.15) is 5.26 Å². The van der Waals surface area contributed by atoms with Crippen LogP contribution in [0.4, 0.5) is 11.4 Å². The Balaban J connectivity index is 2.35. The van der Waals surface area contributed by atoms with Crippen molar-refractivity contribution in [3.05, 3.63) is 55.4 Å². The van der Waals surface area contributed by atoms with Gasteiger partial charge in [0.2, 0.25) is 5.88 Å². The number of hydrogen-bond acceptors (Lipinski definition) is 7. The van der Waals surface area contributed by atoms with Crippen LogP contribution in [0.2, 0.25) is 0 Å². The molecule has 10 nitrogen and oxygen atoms in total. The monoisotopic (exact) mass is 304 g/mol. The van der Waals surface area contributed by atoms with E-state index < -0.39 is 27.1 Å². The van der Waals surface area contributed by atoms with Gasteiger partial charge in [0.25, 0.3) is 17.3 Å². The van der Waals surface area contributed by atoms with Crippen molar-refractivity contribution in [2.45, 2.75) is 6.42 Å². The highest BCUT2D eigenvalue weighted by atomic mass is 16.6. The molecular formula is C12H8N4O6. The molecule has 10 heteroatoms. The molecule has 1 amide bonds. The molecule has 1 aliphatic rings. The van der Waals surface area contributed by atoms with Crippen molar-refractivity contribution in [1.29, 1.82) is 5.26 Å². The highest BCUT2D eigenvalue weighted by molar-refractivity contribution is 5.96. The number of nitriles is 1. The van der Waals surface area contributed by atoms with Gasteiger partial charge < -0.3 is 4.74 Å². The first-order chi connectivity index (χ1) is 10.4. The summed E-state index contributed by atoms with van der Waals surface area (Å²) in [5.74, 6) is -0.877. The number of non-ortho nitro benzene ring substituents is 2. The summed E-state index contributed by atoms with van der Waals surface area (Å²) in [7, 11) is 0. The molecule has 1 aromatic carbocycles. The first-order valence-corrected chi connectivity index (χ1v) is 5.93. The smallest absolute Gasteiger partial charge is 0.277 e. The van der Waals surface area contributed by atoms with E-state index in [0.29, 0.717) is 6.42 Å². The number of rotatable bonds is 4. The van der Waals surface area contributed by atoms with E-state index >= 15 is 0 Å². The molecule has 0 atom stereocenters. The second kappa shape index (κ2) is 5.88. The topological polar surface area (TPSA) is 148 Å². The Bertz CT molecular complexity index is 716.